The number of ether oxygens (including phenoxy) is 1. The van der Waals surface area contributed by atoms with Crippen LogP contribution in [0, 0.1) is 13.8 Å². The quantitative estimate of drug-likeness (QED) is 0.405. The number of carbonyl (C=O) groups excluding carboxylic acids is 1. The van der Waals surface area contributed by atoms with E-state index in [1.54, 1.807) is 19.1 Å². The van der Waals surface area contributed by atoms with E-state index in [0.717, 1.165) is 22.4 Å². The van der Waals surface area contributed by atoms with E-state index >= 15 is 0 Å². The summed E-state index contributed by atoms with van der Waals surface area (Å²) in [6, 6.07) is 5.37. The lowest BCUT2D eigenvalue weighted by molar-refractivity contribution is -0.138. The molecule has 0 amide bonds. The zero-order valence-electron chi connectivity index (χ0n) is 13.6. The molecular formula is C17H19N3O3. The number of aromatic nitrogens is 2. The Labute approximate surface area is 134 Å². The molecule has 23 heavy (non-hydrogen) atoms. The predicted octanol–water partition coefficient (Wildman–Crippen LogP) is 3.34. The number of hydrogen-bond donors (Lipinski definition) is 1. The summed E-state index contributed by atoms with van der Waals surface area (Å²) in [5.41, 5.74) is 3.89. The summed E-state index contributed by atoms with van der Waals surface area (Å²) in [6.07, 6.45) is 1.29. The molecule has 120 valence electrons. The molecule has 0 spiro atoms. The first-order chi connectivity index (χ1) is 10.9. The molecule has 6 nitrogen and oxygen atoms in total. The molecular weight excluding hydrogens is 294 g/mol. The van der Waals surface area contributed by atoms with Crippen LogP contribution in [0.4, 0.5) is 5.69 Å². The summed E-state index contributed by atoms with van der Waals surface area (Å²) >= 11 is 0. The van der Waals surface area contributed by atoms with E-state index in [1.165, 1.54) is 13.1 Å². The summed E-state index contributed by atoms with van der Waals surface area (Å²) in [5, 5.41) is 9.59. The van der Waals surface area contributed by atoms with Crippen LogP contribution in [0.1, 0.15) is 25.2 Å². The van der Waals surface area contributed by atoms with E-state index in [2.05, 4.69) is 15.0 Å². The van der Waals surface area contributed by atoms with Gasteiger partial charge in [-0.2, -0.15) is 0 Å². The molecule has 0 radical (unpaired) electrons. The number of aryl methyl sites for hydroxylation is 2. The number of fused-ring (bicyclic) bond motifs is 1. The van der Waals surface area contributed by atoms with Gasteiger partial charge in [-0.25, -0.2) is 14.8 Å². The normalized spacial score (nSPS) is 12.5. The summed E-state index contributed by atoms with van der Waals surface area (Å²) in [7, 11) is 0. The fourth-order valence-electron chi connectivity index (χ4n) is 1.94. The summed E-state index contributed by atoms with van der Waals surface area (Å²) < 4.78 is 4.88. The van der Waals surface area contributed by atoms with Crippen molar-refractivity contribution in [3.63, 3.8) is 0 Å². The minimum Gasteiger partial charge on any atom is -0.512 e. The van der Waals surface area contributed by atoms with Crippen LogP contribution in [0.15, 0.2) is 34.5 Å². The predicted molar refractivity (Wildman–Crippen MR) is 89.1 cm³/mol. The van der Waals surface area contributed by atoms with E-state index in [9.17, 15) is 9.90 Å². The second-order valence-electron chi connectivity index (χ2n) is 5.05. The summed E-state index contributed by atoms with van der Waals surface area (Å²) in [5.74, 6) is -0.748. The van der Waals surface area contributed by atoms with Gasteiger partial charge in [0.1, 0.15) is 11.3 Å². The maximum absolute atomic E-state index is 11.7. The third-order valence-corrected chi connectivity index (χ3v) is 3.29. The topological polar surface area (TPSA) is 84.7 Å². The van der Waals surface area contributed by atoms with Gasteiger partial charge in [0, 0.05) is 6.21 Å². The second kappa shape index (κ2) is 7.00. The van der Waals surface area contributed by atoms with Crippen molar-refractivity contribution in [1.82, 2.24) is 9.97 Å². The molecule has 0 saturated carbocycles. The highest BCUT2D eigenvalue weighted by Gasteiger charge is 2.12. The van der Waals surface area contributed by atoms with Gasteiger partial charge in [-0.1, -0.05) is 0 Å². The van der Waals surface area contributed by atoms with Crippen molar-refractivity contribution < 1.29 is 14.6 Å². The number of rotatable bonds is 4. The molecule has 1 aromatic carbocycles. The average molecular weight is 313 g/mol. The molecule has 0 aliphatic rings. The number of hydrogen-bond acceptors (Lipinski definition) is 6. The SMILES string of the molecule is CCOC(=O)C(C=Nc1ccc2nc(C)c(C)nc2c1)=C(C)O. The summed E-state index contributed by atoms with van der Waals surface area (Å²) in [4.78, 5) is 24.9. The van der Waals surface area contributed by atoms with Gasteiger partial charge in [0.15, 0.2) is 0 Å². The van der Waals surface area contributed by atoms with Gasteiger partial charge in [-0.3, -0.25) is 4.99 Å². The van der Waals surface area contributed by atoms with Crippen LogP contribution in [0.3, 0.4) is 0 Å². The minimum absolute atomic E-state index is 0.0260. The van der Waals surface area contributed by atoms with Gasteiger partial charge in [-0.15, -0.1) is 0 Å². The van der Waals surface area contributed by atoms with E-state index in [-0.39, 0.29) is 17.9 Å². The molecule has 0 aliphatic carbocycles. The van der Waals surface area contributed by atoms with E-state index in [0.29, 0.717) is 5.69 Å². The number of aliphatic hydroxyl groups excluding tert-OH is 1. The number of nitrogens with zero attached hydrogens (tertiary/aromatic N) is 3. The third kappa shape index (κ3) is 3.91. The van der Waals surface area contributed by atoms with Gasteiger partial charge in [0.2, 0.25) is 0 Å². The molecule has 0 bridgehead atoms. The Morgan fingerprint density at radius 3 is 2.52 bits per heavy atom. The summed E-state index contributed by atoms with van der Waals surface area (Å²) in [6.45, 7) is 7.15. The number of aliphatic hydroxyl groups is 1. The van der Waals surface area contributed by atoms with Crippen molar-refractivity contribution >= 4 is 28.9 Å². The van der Waals surface area contributed by atoms with Crippen LogP contribution in [-0.4, -0.2) is 33.9 Å². The molecule has 0 aliphatic heterocycles. The maximum Gasteiger partial charge on any atom is 0.343 e. The lowest BCUT2D eigenvalue weighted by Crippen LogP contribution is -2.10. The van der Waals surface area contributed by atoms with Gasteiger partial charge in [0.05, 0.1) is 34.7 Å². The van der Waals surface area contributed by atoms with Crippen molar-refractivity contribution in [3.8, 4) is 0 Å². The highest BCUT2D eigenvalue weighted by Crippen LogP contribution is 2.20. The van der Waals surface area contributed by atoms with Gasteiger partial charge >= 0.3 is 5.97 Å². The Morgan fingerprint density at radius 2 is 1.91 bits per heavy atom. The maximum atomic E-state index is 11.7. The highest BCUT2D eigenvalue weighted by molar-refractivity contribution is 6.10. The lowest BCUT2D eigenvalue weighted by atomic mass is 10.2. The zero-order chi connectivity index (χ0) is 17.0. The van der Waals surface area contributed by atoms with Crippen molar-refractivity contribution in [2.45, 2.75) is 27.7 Å². The van der Waals surface area contributed by atoms with E-state index in [4.69, 9.17) is 4.74 Å². The molecule has 6 heteroatoms. The minimum atomic E-state index is -0.608. The van der Waals surface area contributed by atoms with Crippen molar-refractivity contribution in [2.24, 2.45) is 4.99 Å². The Morgan fingerprint density at radius 1 is 1.26 bits per heavy atom. The monoisotopic (exact) mass is 313 g/mol. The average Bonchev–Trinajstić information content (AvgIpc) is 2.48. The van der Waals surface area contributed by atoms with Crippen LogP contribution < -0.4 is 0 Å². The molecule has 2 rings (SSSR count). The number of aliphatic imine (C=N–C) groups is 1. The molecule has 0 atom stereocenters. The number of carbonyl (C=O) groups is 1. The standard InChI is InChI=1S/C17H19N3O3/c1-5-23-17(22)14(12(4)21)9-18-13-6-7-15-16(8-13)20-11(3)10(2)19-15/h6-9,21H,5H2,1-4H3. The number of esters is 1. The van der Waals surface area contributed by atoms with Crippen molar-refractivity contribution in [2.75, 3.05) is 6.61 Å². The fraction of sp³-hybridized carbons (Fsp3) is 0.294. The van der Waals surface area contributed by atoms with Crippen molar-refractivity contribution in [3.05, 3.63) is 40.9 Å². The van der Waals surface area contributed by atoms with Crippen LogP contribution in [0.25, 0.3) is 11.0 Å². The van der Waals surface area contributed by atoms with Crippen LogP contribution in [-0.2, 0) is 9.53 Å². The molecule has 1 heterocycles. The van der Waals surface area contributed by atoms with Gasteiger partial charge in [-0.05, 0) is 45.9 Å². The molecule has 0 fully saturated rings. The van der Waals surface area contributed by atoms with E-state index < -0.39 is 5.97 Å². The largest absolute Gasteiger partial charge is 0.512 e. The first kappa shape index (κ1) is 16.6. The smallest absolute Gasteiger partial charge is 0.343 e. The fourth-order valence-corrected chi connectivity index (χ4v) is 1.94. The lowest BCUT2D eigenvalue weighted by Gasteiger charge is -2.04. The highest BCUT2D eigenvalue weighted by atomic mass is 16.5. The Balaban J connectivity index is 2.35. The molecule has 1 aromatic heterocycles. The molecule has 1 N–H and O–H groups in total. The van der Waals surface area contributed by atoms with Gasteiger partial charge in [0.25, 0.3) is 0 Å². The number of allylic oxidation sites excluding steroid dienone is 1. The van der Waals surface area contributed by atoms with Crippen LogP contribution >= 0.6 is 0 Å². The van der Waals surface area contributed by atoms with Crippen LogP contribution in [0.2, 0.25) is 0 Å². The Hall–Kier alpha value is -2.76. The first-order valence-corrected chi connectivity index (χ1v) is 7.28. The van der Waals surface area contributed by atoms with Crippen LogP contribution in [0.5, 0.6) is 0 Å². The molecule has 2 aromatic rings. The van der Waals surface area contributed by atoms with Crippen molar-refractivity contribution in [1.29, 1.82) is 0 Å². The second-order valence-corrected chi connectivity index (χ2v) is 5.05. The van der Waals surface area contributed by atoms with E-state index in [1.807, 2.05) is 19.9 Å². The Kier molecular flexibility index (Phi) is 5.05. The molecule has 0 saturated heterocycles. The molecule has 0 unspecified atom stereocenters. The third-order valence-electron chi connectivity index (χ3n) is 3.29. The zero-order valence-corrected chi connectivity index (χ0v) is 13.6. The first-order valence-electron chi connectivity index (χ1n) is 7.28. The number of benzene rings is 1. The Bertz CT molecular complexity index is 806. The van der Waals surface area contributed by atoms with Gasteiger partial charge < -0.3 is 9.84 Å².